The van der Waals surface area contributed by atoms with Crippen molar-refractivity contribution in [3.8, 4) is 0 Å². The Morgan fingerprint density at radius 3 is 0.694 bits per heavy atom. The minimum absolute atomic E-state index is 0.0693. The van der Waals surface area contributed by atoms with E-state index in [1.54, 1.807) is 0 Å². The van der Waals surface area contributed by atoms with Gasteiger partial charge in [-0.2, -0.15) is 0 Å². The number of rotatable bonds is 60. The van der Waals surface area contributed by atoms with E-state index in [1.165, 1.54) is 263 Å². The molecule has 0 aliphatic rings. The van der Waals surface area contributed by atoms with Crippen LogP contribution in [0.25, 0.3) is 0 Å². The fraction of sp³-hybridized carbons (Fsp3) is 0.894. The van der Waals surface area contributed by atoms with Crippen molar-refractivity contribution in [1.29, 1.82) is 0 Å². The van der Waals surface area contributed by atoms with E-state index >= 15 is 0 Å². The van der Waals surface area contributed by atoms with Crippen molar-refractivity contribution in [2.45, 2.75) is 367 Å². The van der Waals surface area contributed by atoms with Crippen molar-refractivity contribution in [3.63, 3.8) is 0 Å². The van der Waals surface area contributed by atoms with Crippen LogP contribution < -0.4 is 0 Å². The summed E-state index contributed by atoms with van der Waals surface area (Å²) in [7, 11) is 0. The predicted octanol–water partition coefficient (Wildman–Crippen LogP) is 21.8. The second-order valence-corrected chi connectivity index (χ2v) is 22.0. The molecule has 0 saturated heterocycles. The van der Waals surface area contributed by atoms with Gasteiger partial charge in [-0.3, -0.25) is 14.4 Å². The topological polar surface area (TPSA) is 78.9 Å². The summed E-state index contributed by atoms with van der Waals surface area (Å²) in [5.41, 5.74) is 0. The summed E-state index contributed by atoms with van der Waals surface area (Å²) in [5, 5.41) is 0. The zero-order chi connectivity index (χ0) is 52.2. The fourth-order valence-corrected chi connectivity index (χ4v) is 9.79. The van der Waals surface area contributed by atoms with Gasteiger partial charge in [0.05, 0.1) is 0 Å². The van der Waals surface area contributed by atoms with E-state index in [1.807, 2.05) is 0 Å². The minimum atomic E-state index is -0.773. The van der Waals surface area contributed by atoms with Gasteiger partial charge >= 0.3 is 17.9 Å². The third-order valence-corrected chi connectivity index (χ3v) is 14.7. The summed E-state index contributed by atoms with van der Waals surface area (Å²) in [4.78, 5) is 38.3. The van der Waals surface area contributed by atoms with Crippen molar-refractivity contribution in [2.24, 2.45) is 0 Å². The summed E-state index contributed by atoms with van der Waals surface area (Å²) in [6, 6.07) is 0. The van der Waals surface area contributed by atoms with Crippen LogP contribution in [0.15, 0.2) is 24.3 Å². The molecule has 1 atom stereocenters. The van der Waals surface area contributed by atoms with E-state index in [9.17, 15) is 14.4 Å². The summed E-state index contributed by atoms with van der Waals surface area (Å²) < 4.78 is 17.0. The number of allylic oxidation sites excluding steroid dienone is 4. The maximum atomic E-state index is 12.9. The van der Waals surface area contributed by atoms with Gasteiger partial charge in [-0.25, -0.2) is 0 Å². The van der Waals surface area contributed by atoms with Gasteiger partial charge in [-0.05, 0) is 70.6 Å². The van der Waals surface area contributed by atoms with Crippen LogP contribution in [-0.2, 0) is 28.6 Å². The van der Waals surface area contributed by atoms with Gasteiger partial charge in [0.2, 0.25) is 0 Å². The molecule has 1 unspecified atom stereocenters. The first-order chi connectivity index (χ1) is 35.5. The molecule has 0 aliphatic carbocycles. The highest BCUT2D eigenvalue weighted by Crippen LogP contribution is 2.17. The number of ether oxygens (including phenoxy) is 3. The molecule has 0 aliphatic heterocycles. The normalized spacial score (nSPS) is 12.1. The largest absolute Gasteiger partial charge is 0.462 e. The Morgan fingerprint density at radius 1 is 0.264 bits per heavy atom. The Bertz CT molecular complexity index is 1160. The van der Waals surface area contributed by atoms with Crippen LogP contribution in [0.1, 0.15) is 361 Å². The van der Waals surface area contributed by atoms with Crippen LogP contribution in [0.5, 0.6) is 0 Å². The third kappa shape index (κ3) is 58.8. The molecule has 0 heterocycles. The summed E-state index contributed by atoms with van der Waals surface area (Å²) in [5.74, 6) is -0.851. The molecular formula is C66H124O6. The number of unbranched alkanes of at least 4 members (excludes halogenated alkanes) is 45. The summed E-state index contributed by atoms with van der Waals surface area (Å²) in [6.45, 7) is 6.70. The van der Waals surface area contributed by atoms with Crippen molar-refractivity contribution in [2.75, 3.05) is 13.2 Å². The third-order valence-electron chi connectivity index (χ3n) is 14.7. The van der Waals surface area contributed by atoms with Gasteiger partial charge in [0.15, 0.2) is 6.10 Å². The van der Waals surface area contributed by atoms with Crippen LogP contribution >= 0.6 is 0 Å². The van der Waals surface area contributed by atoms with Crippen LogP contribution in [0.4, 0.5) is 0 Å². The lowest BCUT2D eigenvalue weighted by molar-refractivity contribution is -0.167. The van der Waals surface area contributed by atoms with Gasteiger partial charge < -0.3 is 14.2 Å². The molecule has 0 radical (unpaired) electrons. The fourth-order valence-electron chi connectivity index (χ4n) is 9.79. The Morgan fingerprint density at radius 2 is 0.458 bits per heavy atom. The Kier molecular flexibility index (Phi) is 59.6. The van der Waals surface area contributed by atoms with Crippen molar-refractivity contribution in [3.05, 3.63) is 24.3 Å². The zero-order valence-corrected chi connectivity index (χ0v) is 48.7. The van der Waals surface area contributed by atoms with E-state index < -0.39 is 6.10 Å². The first-order valence-electron chi connectivity index (χ1n) is 32.3. The van der Waals surface area contributed by atoms with Crippen molar-refractivity contribution < 1.29 is 28.6 Å². The molecule has 0 aromatic rings. The average Bonchev–Trinajstić information content (AvgIpc) is 3.38. The molecule has 6 nitrogen and oxygen atoms in total. The molecule has 0 saturated carbocycles. The molecule has 0 bridgehead atoms. The monoisotopic (exact) mass is 1010 g/mol. The standard InChI is InChI=1S/C66H124O6/c1-4-7-10-13-16-19-22-25-28-31-33-35-38-41-44-47-50-53-56-59-65(68)71-62-63(61-70-64(67)58-55-52-49-46-43-40-37-30-27-24-21-18-15-12-9-6-3)72-66(69)60-57-54-51-48-45-42-39-36-34-32-29-26-23-20-17-14-11-8-5-2/h31-34,63H,4-30,35-62H2,1-3H3/b33-31-,34-32-. The lowest BCUT2D eigenvalue weighted by atomic mass is 10.0. The average molecular weight is 1010 g/mol. The minimum Gasteiger partial charge on any atom is -0.462 e. The molecule has 0 amide bonds. The highest BCUT2D eigenvalue weighted by atomic mass is 16.6. The van der Waals surface area contributed by atoms with Crippen LogP contribution in [0, 0.1) is 0 Å². The van der Waals surface area contributed by atoms with Crippen molar-refractivity contribution >= 4 is 17.9 Å². The van der Waals surface area contributed by atoms with E-state index in [0.717, 1.165) is 57.8 Å². The molecule has 0 N–H and O–H groups in total. The first-order valence-corrected chi connectivity index (χ1v) is 32.3. The molecule has 0 fully saturated rings. The van der Waals surface area contributed by atoms with E-state index in [-0.39, 0.29) is 31.1 Å². The maximum absolute atomic E-state index is 12.9. The SMILES string of the molecule is CCCCCCCCCC/C=C\CCCCCCCCCC(=O)OCC(COC(=O)CCCCCCCCCCCCCCCCCC)OC(=O)CCCCCCCCC/C=C\CCCCCCCCCC. The first kappa shape index (κ1) is 69.9. The molecule has 72 heavy (non-hydrogen) atoms. The second kappa shape index (κ2) is 61.4. The van der Waals surface area contributed by atoms with Crippen LogP contribution in [0.3, 0.4) is 0 Å². The molecule has 0 rings (SSSR count). The molecule has 0 spiro atoms. The smallest absolute Gasteiger partial charge is 0.306 e. The highest BCUT2D eigenvalue weighted by Gasteiger charge is 2.19. The lowest BCUT2D eigenvalue weighted by Gasteiger charge is -2.18. The molecule has 6 heteroatoms. The van der Waals surface area contributed by atoms with Crippen molar-refractivity contribution in [1.82, 2.24) is 0 Å². The number of carbonyl (C=O) groups is 3. The van der Waals surface area contributed by atoms with Gasteiger partial charge in [0, 0.05) is 19.3 Å². The second-order valence-electron chi connectivity index (χ2n) is 22.0. The number of carbonyl (C=O) groups excluding carboxylic acids is 3. The van der Waals surface area contributed by atoms with E-state index in [0.29, 0.717) is 19.3 Å². The van der Waals surface area contributed by atoms with E-state index in [4.69, 9.17) is 14.2 Å². The van der Waals surface area contributed by atoms with E-state index in [2.05, 4.69) is 45.1 Å². The molecule has 424 valence electrons. The van der Waals surface area contributed by atoms with Crippen LogP contribution in [-0.4, -0.2) is 37.2 Å². The van der Waals surface area contributed by atoms with Gasteiger partial charge in [-0.15, -0.1) is 0 Å². The molecule has 0 aromatic carbocycles. The highest BCUT2D eigenvalue weighted by molar-refractivity contribution is 5.71. The molecule has 0 aromatic heterocycles. The maximum Gasteiger partial charge on any atom is 0.306 e. The van der Waals surface area contributed by atoms with Gasteiger partial charge in [0.1, 0.15) is 13.2 Å². The zero-order valence-electron chi connectivity index (χ0n) is 48.7. The predicted molar refractivity (Wildman–Crippen MR) is 312 cm³/mol. The Hall–Kier alpha value is -2.11. The van der Waals surface area contributed by atoms with Gasteiger partial charge in [0.25, 0.3) is 0 Å². The van der Waals surface area contributed by atoms with Crippen LogP contribution in [0.2, 0.25) is 0 Å². The Labute approximate surface area is 449 Å². The Balaban J connectivity index is 4.33. The lowest BCUT2D eigenvalue weighted by Crippen LogP contribution is -2.30. The quantitative estimate of drug-likeness (QED) is 0.0261. The summed E-state index contributed by atoms with van der Waals surface area (Å²) in [6.07, 6.45) is 73.2. The number of esters is 3. The van der Waals surface area contributed by atoms with Gasteiger partial charge in [-0.1, -0.05) is 295 Å². The summed E-state index contributed by atoms with van der Waals surface area (Å²) >= 11 is 0. The molecular weight excluding hydrogens is 889 g/mol. The number of hydrogen-bond acceptors (Lipinski definition) is 6. The number of hydrogen-bond donors (Lipinski definition) is 0.